The number of hydrogen-bond donors (Lipinski definition) is 1. The smallest absolute Gasteiger partial charge is 0.258 e. The summed E-state index contributed by atoms with van der Waals surface area (Å²) in [6.07, 6.45) is 0. The van der Waals surface area contributed by atoms with Gasteiger partial charge in [-0.05, 0) is 36.8 Å². The number of carbonyl (C=O) groups excluding carboxylic acids is 1. The van der Waals surface area contributed by atoms with E-state index in [1.807, 2.05) is 0 Å². The van der Waals surface area contributed by atoms with Gasteiger partial charge in [0, 0.05) is 5.69 Å². The molecule has 0 saturated carbocycles. The third-order valence-electron chi connectivity index (χ3n) is 2.61. The first-order valence-electron chi connectivity index (χ1n) is 5.60. The van der Waals surface area contributed by atoms with Crippen LogP contribution >= 0.6 is 23.2 Å². The molecule has 0 aliphatic rings. The van der Waals surface area contributed by atoms with E-state index >= 15 is 0 Å². The van der Waals surface area contributed by atoms with Crippen molar-refractivity contribution in [3.05, 3.63) is 63.1 Å². The Morgan fingerprint density at radius 3 is 2.25 bits per heavy atom. The third-order valence-corrected chi connectivity index (χ3v) is 3.16. The fraction of sp³-hybridized carbons (Fsp3) is 0.0714. The van der Waals surface area contributed by atoms with Crippen LogP contribution in [0.25, 0.3) is 0 Å². The van der Waals surface area contributed by atoms with Crippen molar-refractivity contribution in [3.63, 3.8) is 0 Å². The zero-order valence-corrected chi connectivity index (χ0v) is 11.8. The molecule has 0 atom stereocenters. The molecule has 0 saturated heterocycles. The van der Waals surface area contributed by atoms with E-state index in [-0.39, 0.29) is 21.3 Å². The first kappa shape index (κ1) is 14.8. The summed E-state index contributed by atoms with van der Waals surface area (Å²) in [5, 5.41) is 1.96. The van der Waals surface area contributed by atoms with E-state index in [4.69, 9.17) is 23.2 Å². The number of amides is 1. The van der Waals surface area contributed by atoms with Gasteiger partial charge < -0.3 is 5.32 Å². The average Bonchev–Trinajstić information content (AvgIpc) is 2.35. The van der Waals surface area contributed by atoms with E-state index < -0.39 is 17.5 Å². The Morgan fingerprint density at radius 1 is 1.10 bits per heavy atom. The Morgan fingerprint density at radius 2 is 1.70 bits per heavy atom. The quantitative estimate of drug-likeness (QED) is 0.790. The van der Waals surface area contributed by atoms with Crippen molar-refractivity contribution in [2.75, 3.05) is 5.32 Å². The molecule has 1 amide bonds. The molecule has 0 aromatic heterocycles. The standard InChI is InChI=1S/C14H9Cl2F2NO/c1-7-2-3-9(12(17)4-7)14(20)19-8-5-10(15)13(18)11(16)6-8/h2-6H,1H3,(H,19,20). The monoisotopic (exact) mass is 315 g/mol. The van der Waals surface area contributed by atoms with Crippen LogP contribution in [0, 0.1) is 18.6 Å². The summed E-state index contributed by atoms with van der Waals surface area (Å²) >= 11 is 11.2. The zero-order chi connectivity index (χ0) is 14.9. The molecule has 1 N–H and O–H groups in total. The second-order valence-electron chi connectivity index (χ2n) is 4.19. The van der Waals surface area contributed by atoms with Crippen molar-refractivity contribution in [1.29, 1.82) is 0 Å². The Bertz CT molecular complexity index is 666. The molecule has 0 radical (unpaired) electrons. The summed E-state index contributed by atoms with van der Waals surface area (Å²) < 4.78 is 26.9. The summed E-state index contributed by atoms with van der Waals surface area (Å²) in [6.45, 7) is 1.71. The third kappa shape index (κ3) is 3.08. The number of nitrogens with one attached hydrogen (secondary N) is 1. The van der Waals surface area contributed by atoms with Gasteiger partial charge in [0.25, 0.3) is 5.91 Å². The number of aryl methyl sites for hydroxylation is 1. The molecule has 0 aliphatic carbocycles. The van der Waals surface area contributed by atoms with Gasteiger partial charge in [0.15, 0.2) is 5.82 Å². The van der Waals surface area contributed by atoms with Gasteiger partial charge in [-0.15, -0.1) is 0 Å². The molecule has 2 rings (SSSR count). The predicted octanol–water partition coefficient (Wildman–Crippen LogP) is 4.83. The number of carbonyl (C=O) groups is 1. The molecule has 0 aliphatic heterocycles. The number of hydrogen-bond acceptors (Lipinski definition) is 1. The SMILES string of the molecule is Cc1ccc(C(=O)Nc2cc(Cl)c(F)c(Cl)c2)c(F)c1. The molecule has 2 aromatic rings. The fourth-order valence-corrected chi connectivity index (χ4v) is 2.12. The van der Waals surface area contributed by atoms with Crippen LogP contribution in [0.5, 0.6) is 0 Å². The lowest BCUT2D eigenvalue weighted by atomic mass is 10.1. The van der Waals surface area contributed by atoms with Crippen molar-refractivity contribution in [3.8, 4) is 0 Å². The first-order chi connectivity index (χ1) is 9.38. The van der Waals surface area contributed by atoms with Gasteiger partial charge in [0.2, 0.25) is 0 Å². The van der Waals surface area contributed by atoms with Crippen LogP contribution in [-0.2, 0) is 0 Å². The van der Waals surface area contributed by atoms with Crippen LogP contribution in [0.15, 0.2) is 30.3 Å². The number of anilines is 1. The largest absolute Gasteiger partial charge is 0.322 e. The fourth-order valence-electron chi connectivity index (χ4n) is 1.63. The molecule has 0 fully saturated rings. The van der Waals surface area contributed by atoms with Crippen LogP contribution in [0.1, 0.15) is 15.9 Å². The van der Waals surface area contributed by atoms with E-state index in [0.717, 1.165) is 0 Å². The molecule has 2 aromatic carbocycles. The lowest BCUT2D eigenvalue weighted by molar-refractivity contribution is 0.102. The van der Waals surface area contributed by atoms with Gasteiger partial charge >= 0.3 is 0 Å². The van der Waals surface area contributed by atoms with E-state index in [1.165, 1.54) is 24.3 Å². The van der Waals surface area contributed by atoms with Gasteiger partial charge in [0.1, 0.15) is 5.82 Å². The van der Waals surface area contributed by atoms with Crippen LogP contribution in [0.3, 0.4) is 0 Å². The van der Waals surface area contributed by atoms with E-state index in [0.29, 0.717) is 5.56 Å². The van der Waals surface area contributed by atoms with Gasteiger partial charge in [0.05, 0.1) is 15.6 Å². The van der Waals surface area contributed by atoms with Gasteiger partial charge in [-0.1, -0.05) is 29.3 Å². The maximum atomic E-state index is 13.7. The van der Waals surface area contributed by atoms with Gasteiger partial charge in [-0.2, -0.15) is 0 Å². The highest BCUT2D eigenvalue weighted by Gasteiger charge is 2.14. The second-order valence-corrected chi connectivity index (χ2v) is 5.01. The minimum absolute atomic E-state index is 0.118. The molecule has 0 heterocycles. The predicted molar refractivity (Wildman–Crippen MR) is 75.5 cm³/mol. The molecule has 6 heteroatoms. The maximum absolute atomic E-state index is 13.7. The van der Waals surface area contributed by atoms with Crippen molar-refractivity contribution in [2.45, 2.75) is 6.92 Å². The average molecular weight is 316 g/mol. The Labute approximate surface area is 124 Å². The molecular weight excluding hydrogens is 307 g/mol. The molecule has 0 bridgehead atoms. The molecule has 20 heavy (non-hydrogen) atoms. The summed E-state index contributed by atoms with van der Waals surface area (Å²) in [7, 11) is 0. The second kappa shape index (κ2) is 5.77. The first-order valence-corrected chi connectivity index (χ1v) is 6.36. The van der Waals surface area contributed by atoms with Gasteiger partial charge in [-0.25, -0.2) is 8.78 Å². The zero-order valence-electron chi connectivity index (χ0n) is 10.3. The summed E-state index contributed by atoms with van der Waals surface area (Å²) in [6, 6.07) is 6.63. The van der Waals surface area contributed by atoms with Crippen molar-refractivity contribution >= 4 is 34.8 Å². The van der Waals surface area contributed by atoms with Crippen LogP contribution in [-0.4, -0.2) is 5.91 Å². The summed E-state index contributed by atoms with van der Waals surface area (Å²) in [5.41, 5.74) is 0.769. The van der Waals surface area contributed by atoms with Gasteiger partial charge in [-0.3, -0.25) is 4.79 Å². The topological polar surface area (TPSA) is 29.1 Å². The van der Waals surface area contributed by atoms with Crippen LogP contribution in [0.4, 0.5) is 14.5 Å². The van der Waals surface area contributed by atoms with E-state index in [1.54, 1.807) is 13.0 Å². The molecule has 0 spiro atoms. The minimum Gasteiger partial charge on any atom is -0.322 e. The minimum atomic E-state index is -0.771. The highest BCUT2D eigenvalue weighted by atomic mass is 35.5. The summed E-state index contributed by atoms with van der Waals surface area (Å²) in [5.74, 6) is -2.07. The molecule has 0 unspecified atom stereocenters. The van der Waals surface area contributed by atoms with Crippen LogP contribution in [0.2, 0.25) is 10.0 Å². The Hall–Kier alpha value is -1.65. The van der Waals surface area contributed by atoms with E-state index in [2.05, 4.69) is 5.32 Å². The van der Waals surface area contributed by atoms with E-state index in [9.17, 15) is 13.6 Å². The maximum Gasteiger partial charge on any atom is 0.258 e. The summed E-state index contributed by atoms with van der Waals surface area (Å²) in [4.78, 5) is 11.9. The highest BCUT2D eigenvalue weighted by molar-refractivity contribution is 6.35. The highest BCUT2D eigenvalue weighted by Crippen LogP contribution is 2.27. The van der Waals surface area contributed by atoms with Crippen molar-refractivity contribution < 1.29 is 13.6 Å². The van der Waals surface area contributed by atoms with Crippen LogP contribution < -0.4 is 5.32 Å². The molecule has 104 valence electrons. The number of rotatable bonds is 2. The lowest BCUT2D eigenvalue weighted by Gasteiger charge is -2.08. The molecular formula is C14H9Cl2F2NO. The normalized spacial score (nSPS) is 10.4. The number of benzene rings is 2. The lowest BCUT2D eigenvalue weighted by Crippen LogP contribution is -2.14. The number of halogens is 4. The molecule has 2 nitrogen and oxygen atoms in total. The Kier molecular flexibility index (Phi) is 4.26. The Balaban J connectivity index is 2.28. The van der Waals surface area contributed by atoms with Crippen molar-refractivity contribution in [2.24, 2.45) is 0 Å². The van der Waals surface area contributed by atoms with Crippen molar-refractivity contribution in [1.82, 2.24) is 0 Å².